The van der Waals surface area contributed by atoms with Crippen LogP contribution in [0.25, 0.3) is 6.08 Å². The fourth-order valence-electron chi connectivity index (χ4n) is 4.64. The van der Waals surface area contributed by atoms with E-state index in [9.17, 15) is 14.4 Å². The summed E-state index contributed by atoms with van der Waals surface area (Å²) in [5, 5.41) is 8.36. The summed E-state index contributed by atoms with van der Waals surface area (Å²) in [6, 6.07) is 37.4. The highest BCUT2D eigenvalue weighted by molar-refractivity contribution is 8.00. The Hall–Kier alpha value is -5.51. The van der Waals surface area contributed by atoms with Crippen molar-refractivity contribution in [2.75, 3.05) is 24.9 Å². The summed E-state index contributed by atoms with van der Waals surface area (Å²) >= 11 is 7.64. The van der Waals surface area contributed by atoms with Gasteiger partial charge in [0.05, 0.1) is 19.2 Å². The average Bonchev–Trinajstić information content (AvgIpc) is 3.11. The van der Waals surface area contributed by atoms with E-state index in [1.807, 2.05) is 48.5 Å². The minimum atomic E-state index is -0.585. The molecule has 8 nitrogen and oxygen atoms in total. The molecule has 0 saturated carbocycles. The lowest BCUT2D eigenvalue weighted by molar-refractivity contribution is -0.116. The third-order valence-electron chi connectivity index (χ3n) is 7.06. The summed E-state index contributed by atoms with van der Waals surface area (Å²) in [7, 11) is 3.08. The zero-order valence-corrected chi connectivity index (χ0v) is 27.7. The number of methoxy groups -OCH3 is 2. The monoisotopic (exact) mass is 677 g/mol. The molecular formula is C38H32ClN3O5S. The second-order valence-electron chi connectivity index (χ2n) is 10.4. The van der Waals surface area contributed by atoms with Gasteiger partial charge in [-0.3, -0.25) is 14.4 Å². The molecule has 0 radical (unpaired) electrons. The van der Waals surface area contributed by atoms with E-state index in [1.165, 1.54) is 18.9 Å². The number of carbonyl (C=O) groups is 3. The largest absolute Gasteiger partial charge is 0.497 e. The van der Waals surface area contributed by atoms with Gasteiger partial charge in [-0.2, -0.15) is 0 Å². The molecule has 0 spiro atoms. The topological polar surface area (TPSA) is 106 Å². The van der Waals surface area contributed by atoms with Crippen molar-refractivity contribution in [3.8, 4) is 11.5 Å². The molecule has 0 fully saturated rings. The van der Waals surface area contributed by atoms with Crippen LogP contribution in [0, 0.1) is 0 Å². The number of halogens is 1. The van der Waals surface area contributed by atoms with Crippen LogP contribution in [0.5, 0.6) is 11.5 Å². The summed E-state index contributed by atoms with van der Waals surface area (Å²) in [4.78, 5) is 40.9. The van der Waals surface area contributed by atoms with Gasteiger partial charge in [-0.15, -0.1) is 11.8 Å². The molecule has 10 heteroatoms. The molecule has 1 unspecified atom stereocenters. The van der Waals surface area contributed by atoms with Crippen molar-refractivity contribution in [1.82, 2.24) is 5.32 Å². The van der Waals surface area contributed by atoms with E-state index in [4.69, 9.17) is 21.1 Å². The van der Waals surface area contributed by atoms with Crippen LogP contribution in [0.3, 0.4) is 0 Å². The van der Waals surface area contributed by atoms with Crippen molar-refractivity contribution in [3.05, 3.63) is 155 Å². The van der Waals surface area contributed by atoms with Gasteiger partial charge >= 0.3 is 0 Å². The highest BCUT2D eigenvalue weighted by Gasteiger charge is 2.23. The quantitative estimate of drug-likeness (QED) is 0.0908. The maximum absolute atomic E-state index is 13.5. The Kier molecular flexibility index (Phi) is 11.5. The van der Waals surface area contributed by atoms with E-state index in [0.717, 1.165) is 10.5 Å². The van der Waals surface area contributed by atoms with Gasteiger partial charge in [-0.25, -0.2) is 0 Å². The van der Waals surface area contributed by atoms with E-state index in [2.05, 4.69) is 16.0 Å². The molecule has 242 valence electrons. The minimum absolute atomic E-state index is 0.0509. The van der Waals surface area contributed by atoms with Crippen molar-refractivity contribution in [1.29, 1.82) is 0 Å². The molecule has 48 heavy (non-hydrogen) atoms. The minimum Gasteiger partial charge on any atom is -0.497 e. The molecule has 0 heterocycles. The van der Waals surface area contributed by atoms with Crippen molar-refractivity contribution in [2.24, 2.45) is 0 Å². The zero-order chi connectivity index (χ0) is 33.9. The molecular weight excluding hydrogens is 646 g/mol. The standard InChI is InChI=1S/C38H32ClN3O5S/c1-46-30-15-9-10-25(22-30)23-33(42-36(43)27-13-7-4-8-14-27)37(44)40-28-16-19-31(20-17-28)48-35(26-11-5-3-6-12-26)38(45)41-29-18-21-34(47-2)32(39)24-29/h3-24,35H,1-2H3,(H,40,44)(H,41,45)(H,42,43)/b33-23-. The van der Waals surface area contributed by atoms with Crippen LogP contribution in [-0.4, -0.2) is 31.9 Å². The van der Waals surface area contributed by atoms with Crippen LogP contribution in [0.15, 0.2) is 138 Å². The number of hydrogen-bond acceptors (Lipinski definition) is 6. The molecule has 0 aliphatic carbocycles. The Balaban J connectivity index is 1.33. The lowest BCUT2D eigenvalue weighted by Crippen LogP contribution is -2.30. The number of ether oxygens (including phenoxy) is 2. The van der Waals surface area contributed by atoms with E-state index in [-0.39, 0.29) is 11.6 Å². The fraction of sp³-hybridized carbons (Fsp3) is 0.0789. The van der Waals surface area contributed by atoms with Crippen LogP contribution < -0.4 is 25.4 Å². The number of rotatable bonds is 12. The van der Waals surface area contributed by atoms with Gasteiger partial charge in [0.2, 0.25) is 5.91 Å². The first-order chi connectivity index (χ1) is 23.3. The van der Waals surface area contributed by atoms with Crippen LogP contribution in [-0.2, 0) is 9.59 Å². The smallest absolute Gasteiger partial charge is 0.272 e. The zero-order valence-electron chi connectivity index (χ0n) is 26.1. The van der Waals surface area contributed by atoms with Crippen LogP contribution in [0.2, 0.25) is 5.02 Å². The first-order valence-electron chi connectivity index (χ1n) is 14.8. The number of carbonyl (C=O) groups excluding carboxylic acids is 3. The van der Waals surface area contributed by atoms with Gasteiger partial charge in [0.25, 0.3) is 11.8 Å². The van der Waals surface area contributed by atoms with E-state index >= 15 is 0 Å². The van der Waals surface area contributed by atoms with Crippen molar-refractivity contribution >= 4 is 58.5 Å². The second-order valence-corrected chi connectivity index (χ2v) is 12.0. The Morgan fingerprint density at radius 2 is 1.42 bits per heavy atom. The molecule has 0 aromatic heterocycles. The van der Waals surface area contributed by atoms with Gasteiger partial charge in [0, 0.05) is 21.8 Å². The van der Waals surface area contributed by atoms with Gasteiger partial charge in [-0.05, 0) is 83.9 Å². The highest BCUT2D eigenvalue weighted by atomic mass is 35.5. The number of hydrogen-bond donors (Lipinski definition) is 3. The predicted molar refractivity (Wildman–Crippen MR) is 192 cm³/mol. The third kappa shape index (κ3) is 9.06. The van der Waals surface area contributed by atoms with Crippen LogP contribution >= 0.6 is 23.4 Å². The Bertz CT molecular complexity index is 1920. The van der Waals surface area contributed by atoms with Gasteiger partial charge in [0.15, 0.2) is 0 Å². The molecule has 5 rings (SSSR count). The first kappa shape index (κ1) is 33.8. The van der Waals surface area contributed by atoms with Crippen molar-refractivity contribution in [3.63, 3.8) is 0 Å². The van der Waals surface area contributed by atoms with Gasteiger partial charge in [-0.1, -0.05) is 72.3 Å². The fourth-order valence-corrected chi connectivity index (χ4v) is 5.93. The molecule has 0 saturated heterocycles. The Morgan fingerprint density at radius 1 is 0.729 bits per heavy atom. The van der Waals surface area contributed by atoms with E-state index in [0.29, 0.717) is 39.0 Å². The molecule has 3 N–H and O–H groups in total. The summed E-state index contributed by atoms with van der Waals surface area (Å²) in [5.74, 6) is -0.0409. The van der Waals surface area contributed by atoms with Crippen LogP contribution in [0.4, 0.5) is 11.4 Å². The Morgan fingerprint density at radius 3 is 2.08 bits per heavy atom. The molecule has 0 aliphatic rings. The second kappa shape index (κ2) is 16.4. The molecule has 3 amide bonds. The van der Waals surface area contributed by atoms with Crippen LogP contribution in [0.1, 0.15) is 26.7 Å². The lowest BCUT2D eigenvalue weighted by Gasteiger charge is -2.18. The van der Waals surface area contributed by atoms with Crippen molar-refractivity contribution in [2.45, 2.75) is 10.1 Å². The SMILES string of the molecule is COc1cccc(/C=C(\NC(=O)c2ccccc2)C(=O)Nc2ccc(SC(C(=O)Nc3ccc(OC)c(Cl)c3)c3ccccc3)cc2)c1. The van der Waals surface area contributed by atoms with E-state index < -0.39 is 17.1 Å². The third-order valence-corrected chi connectivity index (χ3v) is 8.62. The summed E-state index contributed by atoms with van der Waals surface area (Å²) < 4.78 is 10.5. The first-order valence-corrected chi connectivity index (χ1v) is 16.1. The lowest BCUT2D eigenvalue weighted by atomic mass is 10.1. The summed E-state index contributed by atoms with van der Waals surface area (Å²) in [5.41, 5.74) is 3.00. The number of nitrogens with one attached hydrogen (secondary N) is 3. The van der Waals surface area contributed by atoms with Crippen molar-refractivity contribution < 1.29 is 23.9 Å². The number of thioether (sulfide) groups is 1. The molecule has 0 aliphatic heterocycles. The summed E-state index contributed by atoms with van der Waals surface area (Å²) in [6.45, 7) is 0. The summed E-state index contributed by atoms with van der Waals surface area (Å²) in [6.07, 6.45) is 1.59. The number of benzene rings is 5. The normalized spacial score (nSPS) is 11.6. The van der Waals surface area contributed by atoms with E-state index in [1.54, 1.807) is 92.0 Å². The predicted octanol–water partition coefficient (Wildman–Crippen LogP) is 8.24. The molecule has 1 atom stereocenters. The maximum Gasteiger partial charge on any atom is 0.272 e. The van der Waals surface area contributed by atoms with Gasteiger partial charge in [0.1, 0.15) is 22.4 Å². The Labute approximate surface area is 288 Å². The highest BCUT2D eigenvalue weighted by Crippen LogP contribution is 2.37. The number of anilines is 2. The van der Waals surface area contributed by atoms with Gasteiger partial charge < -0.3 is 25.4 Å². The molecule has 5 aromatic rings. The molecule has 0 bridgehead atoms. The number of amides is 3. The average molecular weight is 678 g/mol. The maximum atomic E-state index is 13.5. The molecule has 5 aromatic carbocycles.